The fourth-order valence-corrected chi connectivity index (χ4v) is 2.78. The maximum absolute atomic E-state index is 5.68. The van der Waals surface area contributed by atoms with E-state index in [1.807, 2.05) is 6.07 Å². The topological polar surface area (TPSA) is 54.2 Å². The maximum Gasteiger partial charge on any atom is 0.140 e. The van der Waals surface area contributed by atoms with Crippen molar-refractivity contribution in [3.63, 3.8) is 0 Å². The van der Waals surface area contributed by atoms with Crippen LogP contribution in [0.1, 0.15) is 13.3 Å². The molecule has 0 amide bonds. The summed E-state index contributed by atoms with van der Waals surface area (Å²) in [6, 6.07) is 2.37. The monoisotopic (exact) mass is 298 g/mol. The Morgan fingerprint density at radius 3 is 3.00 bits per heavy atom. The first-order valence-corrected chi connectivity index (χ1v) is 6.71. The molecule has 0 spiro atoms. The summed E-state index contributed by atoms with van der Waals surface area (Å²) in [5.74, 6) is 1.51. The molecule has 1 aromatic rings. The Morgan fingerprint density at radius 1 is 1.59 bits per heavy atom. The number of pyridine rings is 1. The van der Waals surface area contributed by atoms with Crippen molar-refractivity contribution in [3.8, 4) is 0 Å². The van der Waals surface area contributed by atoms with Gasteiger partial charge in [-0.2, -0.15) is 0 Å². The molecule has 2 rings (SSSR count). The van der Waals surface area contributed by atoms with E-state index in [-0.39, 0.29) is 0 Å². The summed E-state index contributed by atoms with van der Waals surface area (Å²) in [7, 11) is 2.17. The van der Waals surface area contributed by atoms with Crippen LogP contribution in [0.2, 0.25) is 0 Å². The minimum Gasteiger partial charge on any atom is -0.397 e. The second-order valence-electron chi connectivity index (χ2n) is 4.88. The second-order valence-corrected chi connectivity index (χ2v) is 5.73. The van der Waals surface area contributed by atoms with Gasteiger partial charge in [0.15, 0.2) is 0 Å². The molecule has 0 aromatic carbocycles. The van der Waals surface area contributed by atoms with Crippen LogP contribution >= 0.6 is 15.9 Å². The molecule has 0 radical (unpaired) electrons. The Morgan fingerprint density at radius 2 is 2.35 bits per heavy atom. The van der Waals surface area contributed by atoms with Crippen LogP contribution < -0.4 is 11.1 Å². The Hall–Kier alpha value is -0.810. The van der Waals surface area contributed by atoms with E-state index in [9.17, 15) is 0 Å². The number of aromatic nitrogens is 1. The van der Waals surface area contributed by atoms with E-state index in [0.717, 1.165) is 29.8 Å². The zero-order chi connectivity index (χ0) is 12.4. The molecule has 2 atom stereocenters. The van der Waals surface area contributed by atoms with Crippen molar-refractivity contribution in [1.29, 1.82) is 0 Å². The molecule has 2 heterocycles. The highest BCUT2D eigenvalue weighted by Gasteiger charge is 2.24. The van der Waals surface area contributed by atoms with Crippen LogP contribution in [-0.2, 0) is 0 Å². The van der Waals surface area contributed by atoms with Gasteiger partial charge < -0.3 is 16.0 Å². The van der Waals surface area contributed by atoms with Crippen LogP contribution in [0.5, 0.6) is 0 Å². The molecule has 2 unspecified atom stereocenters. The predicted molar refractivity (Wildman–Crippen MR) is 75.0 cm³/mol. The number of hydrogen-bond acceptors (Lipinski definition) is 4. The van der Waals surface area contributed by atoms with Crippen molar-refractivity contribution in [2.75, 3.05) is 31.2 Å². The molecule has 94 valence electrons. The molecule has 1 fully saturated rings. The van der Waals surface area contributed by atoms with E-state index in [1.165, 1.54) is 0 Å². The van der Waals surface area contributed by atoms with E-state index in [1.54, 1.807) is 6.20 Å². The number of nitrogens with one attached hydrogen (secondary N) is 1. The Labute approximate surface area is 111 Å². The lowest BCUT2D eigenvalue weighted by atomic mass is 9.94. The van der Waals surface area contributed by atoms with Gasteiger partial charge in [-0.05, 0) is 47.9 Å². The minimum atomic E-state index is 0.485. The molecule has 0 aliphatic carbocycles. The van der Waals surface area contributed by atoms with Gasteiger partial charge in [-0.25, -0.2) is 4.98 Å². The number of likely N-dealkylation sites (tertiary alicyclic amines) is 1. The van der Waals surface area contributed by atoms with Gasteiger partial charge in [-0.1, -0.05) is 6.92 Å². The third kappa shape index (κ3) is 3.10. The number of halogens is 1. The van der Waals surface area contributed by atoms with Crippen LogP contribution in [0, 0.1) is 5.92 Å². The summed E-state index contributed by atoms with van der Waals surface area (Å²) in [5, 5.41) is 3.51. The highest BCUT2D eigenvalue weighted by Crippen LogP contribution is 2.26. The van der Waals surface area contributed by atoms with Gasteiger partial charge >= 0.3 is 0 Å². The molecule has 0 bridgehead atoms. The van der Waals surface area contributed by atoms with Crippen molar-refractivity contribution in [1.82, 2.24) is 9.88 Å². The van der Waals surface area contributed by atoms with E-state index in [4.69, 9.17) is 5.73 Å². The SMILES string of the molecule is CC1CN(C)CCC1Nc1ncc(N)cc1Br. The lowest BCUT2D eigenvalue weighted by Gasteiger charge is -2.35. The number of anilines is 2. The van der Waals surface area contributed by atoms with E-state index in [2.05, 4.69) is 45.1 Å². The summed E-state index contributed by atoms with van der Waals surface area (Å²) in [5.41, 5.74) is 6.36. The number of hydrogen-bond donors (Lipinski definition) is 2. The normalized spacial score (nSPS) is 25.8. The predicted octanol–water partition coefficient (Wildman–Crippen LogP) is 2.18. The van der Waals surface area contributed by atoms with Crippen molar-refractivity contribution in [2.45, 2.75) is 19.4 Å². The molecule has 1 aliphatic heterocycles. The summed E-state index contributed by atoms with van der Waals surface area (Å²) in [6.45, 7) is 4.54. The van der Waals surface area contributed by atoms with Crippen LogP contribution in [0.15, 0.2) is 16.7 Å². The summed E-state index contributed by atoms with van der Waals surface area (Å²) < 4.78 is 0.934. The summed E-state index contributed by atoms with van der Waals surface area (Å²) in [4.78, 5) is 6.70. The van der Waals surface area contributed by atoms with Crippen molar-refractivity contribution < 1.29 is 0 Å². The van der Waals surface area contributed by atoms with Gasteiger partial charge in [-0.15, -0.1) is 0 Å². The van der Waals surface area contributed by atoms with Gasteiger partial charge in [0, 0.05) is 12.6 Å². The van der Waals surface area contributed by atoms with Crippen LogP contribution in [0.25, 0.3) is 0 Å². The Kier molecular flexibility index (Phi) is 3.89. The highest BCUT2D eigenvalue weighted by molar-refractivity contribution is 9.10. The molecular weight excluding hydrogens is 280 g/mol. The van der Waals surface area contributed by atoms with E-state index >= 15 is 0 Å². The molecular formula is C12H19BrN4. The lowest BCUT2D eigenvalue weighted by Crippen LogP contribution is -2.43. The number of piperidine rings is 1. The molecule has 0 saturated carbocycles. The number of nitrogen functional groups attached to an aromatic ring is 1. The van der Waals surface area contributed by atoms with Crippen LogP contribution in [-0.4, -0.2) is 36.1 Å². The summed E-state index contributed by atoms with van der Waals surface area (Å²) >= 11 is 3.49. The minimum absolute atomic E-state index is 0.485. The number of rotatable bonds is 2. The molecule has 5 heteroatoms. The second kappa shape index (κ2) is 5.23. The summed E-state index contributed by atoms with van der Waals surface area (Å²) in [6.07, 6.45) is 2.84. The molecule has 17 heavy (non-hydrogen) atoms. The molecule has 4 nitrogen and oxygen atoms in total. The molecule has 1 aromatic heterocycles. The lowest BCUT2D eigenvalue weighted by molar-refractivity contribution is 0.206. The largest absolute Gasteiger partial charge is 0.397 e. The van der Waals surface area contributed by atoms with Crippen molar-refractivity contribution in [3.05, 3.63) is 16.7 Å². The Bertz CT molecular complexity index is 396. The highest BCUT2D eigenvalue weighted by atomic mass is 79.9. The van der Waals surface area contributed by atoms with Gasteiger partial charge in [0.2, 0.25) is 0 Å². The zero-order valence-corrected chi connectivity index (χ0v) is 11.9. The fourth-order valence-electron chi connectivity index (χ4n) is 2.30. The van der Waals surface area contributed by atoms with Crippen LogP contribution in [0.3, 0.4) is 0 Å². The average Bonchev–Trinajstić information content (AvgIpc) is 2.25. The standard InChI is InChI=1S/C12H19BrN4/c1-8-7-17(2)4-3-11(8)16-12-10(13)5-9(14)6-15-12/h5-6,8,11H,3-4,7,14H2,1-2H3,(H,15,16). The average molecular weight is 299 g/mol. The fraction of sp³-hybridized carbons (Fsp3) is 0.583. The zero-order valence-electron chi connectivity index (χ0n) is 10.3. The Balaban J connectivity index is 2.05. The third-order valence-electron chi connectivity index (χ3n) is 3.29. The van der Waals surface area contributed by atoms with E-state index in [0.29, 0.717) is 17.6 Å². The maximum atomic E-state index is 5.68. The van der Waals surface area contributed by atoms with E-state index < -0.39 is 0 Å². The quantitative estimate of drug-likeness (QED) is 0.879. The molecule has 1 saturated heterocycles. The van der Waals surface area contributed by atoms with Crippen molar-refractivity contribution in [2.24, 2.45) is 5.92 Å². The third-order valence-corrected chi connectivity index (χ3v) is 3.90. The first-order valence-electron chi connectivity index (χ1n) is 5.92. The smallest absolute Gasteiger partial charge is 0.140 e. The first kappa shape index (κ1) is 12.6. The van der Waals surface area contributed by atoms with Gasteiger partial charge in [0.25, 0.3) is 0 Å². The molecule has 3 N–H and O–H groups in total. The van der Waals surface area contributed by atoms with Gasteiger partial charge in [0.05, 0.1) is 16.4 Å². The number of nitrogens with two attached hydrogens (primary N) is 1. The van der Waals surface area contributed by atoms with Crippen molar-refractivity contribution >= 4 is 27.4 Å². The van der Waals surface area contributed by atoms with Gasteiger partial charge in [0.1, 0.15) is 5.82 Å². The number of nitrogens with zero attached hydrogens (tertiary/aromatic N) is 2. The molecule has 1 aliphatic rings. The first-order chi connectivity index (χ1) is 8.06. The van der Waals surface area contributed by atoms with Gasteiger partial charge in [-0.3, -0.25) is 0 Å². The van der Waals surface area contributed by atoms with Crippen LogP contribution in [0.4, 0.5) is 11.5 Å².